The summed E-state index contributed by atoms with van der Waals surface area (Å²) in [5, 5.41) is 13.0. The molecule has 0 radical (unpaired) electrons. The van der Waals surface area contributed by atoms with E-state index < -0.39 is 17.7 Å². The molecule has 2 N–H and O–H groups in total. The van der Waals surface area contributed by atoms with Gasteiger partial charge >= 0.3 is 0 Å². The van der Waals surface area contributed by atoms with Crippen molar-refractivity contribution in [2.45, 2.75) is 25.0 Å². The maximum absolute atomic E-state index is 13.4. The minimum absolute atomic E-state index is 0.141. The first-order valence-electron chi connectivity index (χ1n) is 6.11. The summed E-state index contributed by atoms with van der Waals surface area (Å²) < 4.78 is 32.0. The maximum atomic E-state index is 13.4. The quantitative estimate of drug-likeness (QED) is 0.863. The van der Waals surface area contributed by atoms with Crippen LogP contribution in [-0.2, 0) is 4.74 Å². The molecule has 2 rings (SSSR count). The van der Waals surface area contributed by atoms with Gasteiger partial charge in [-0.1, -0.05) is 6.07 Å². The van der Waals surface area contributed by atoms with Crippen LogP contribution in [0.3, 0.4) is 0 Å². The summed E-state index contributed by atoms with van der Waals surface area (Å²) in [6, 6.07) is 3.82. The van der Waals surface area contributed by atoms with Crippen molar-refractivity contribution >= 4 is 0 Å². The fourth-order valence-electron chi connectivity index (χ4n) is 2.11. The van der Waals surface area contributed by atoms with E-state index in [0.717, 1.165) is 25.0 Å². The summed E-state index contributed by atoms with van der Waals surface area (Å²) in [7, 11) is 0. The van der Waals surface area contributed by atoms with E-state index in [9.17, 15) is 13.9 Å². The lowest BCUT2D eigenvalue weighted by molar-refractivity contribution is 0.0718. The van der Waals surface area contributed by atoms with E-state index in [0.29, 0.717) is 13.2 Å². The van der Waals surface area contributed by atoms with Crippen LogP contribution in [0.25, 0.3) is 0 Å². The molecule has 1 aromatic carbocycles. The highest BCUT2D eigenvalue weighted by atomic mass is 19.1. The lowest BCUT2D eigenvalue weighted by Crippen LogP contribution is -2.37. The van der Waals surface area contributed by atoms with Crippen molar-refractivity contribution in [3.63, 3.8) is 0 Å². The molecule has 1 aliphatic rings. The van der Waals surface area contributed by atoms with Gasteiger partial charge in [-0.2, -0.15) is 0 Å². The normalized spacial score (nSPS) is 18.8. The van der Waals surface area contributed by atoms with Gasteiger partial charge in [0, 0.05) is 25.8 Å². The SMILES string of the molecule is O[C@@H](CNC1CCOCC1)c1c(F)cccc1F. The molecule has 0 bridgehead atoms. The minimum Gasteiger partial charge on any atom is -0.387 e. The lowest BCUT2D eigenvalue weighted by Gasteiger charge is -2.24. The van der Waals surface area contributed by atoms with Crippen LogP contribution in [0.2, 0.25) is 0 Å². The molecule has 0 unspecified atom stereocenters. The molecule has 1 atom stereocenters. The highest BCUT2D eigenvalue weighted by Gasteiger charge is 2.20. The average Bonchev–Trinajstić information content (AvgIpc) is 2.37. The van der Waals surface area contributed by atoms with E-state index in [1.54, 1.807) is 0 Å². The van der Waals surface area contributed by atoms with Gasteiger partial charge in [-0.15, -0.1) is 0 Å². The first kappa shape index (κ1) is 13.4. The third-order valence-electron chi connectivity index (χ3n) is 3.15. The summed E-state index contributed by atoms with van der Waals surface area (Å²) >= 11 is 0. The zero-order chi connectivity index (χ0) is 13.0. The van der Waals surface area contributed by atoms with Crippen LogP contribution in [0.1, 0.15) is 24.5 Å². The lowest BCUT2D eigenvalue weighted by atomic mass is 10.1. The summed E-state index contributed by atoms with van der Waals surface area (Å²) in [6.07, 6.45) is 0.535. The van der Waals surface area contributed by atoms with Gasteiger partial charge < -0.3 is 15.2 Å². The zero-order valence-electron chi connectivity index (χ0n) is 10.0. The van der Waals surface area contributed by atoms with Crippen molar-refractivity contribution in [2.75, 3.05) is 19.8 Å². The third-order valence-corrected chi connectivity index (χ3v) is 3.15. The van der Waals surface area contributed by atoms with Crippen LogP contribution in [0.15, 0.2) is 18.2 Å². The molecule has 0 saturated carbocycles. The van der Waals surface area contributed by atoms with Crippen LogP contribution in [-0.4, -0.2) is 30.9 Å². The van der Waals surface area contributed by atoms with Crippen molar-refractivity contribution in [3.8, 4) is 0 Å². The van der Waals surface area contributed by atoms with E-state index in [4.69, 9.17) is 4.74 Å². The molecule has 1 aliphatic heterocycles. The molecule has 0 amide bonds. The number of benzene rings is 1. The molecule has 0 aliphatic carbocycles. The van der Waals surface area contributed by atoms with Crippen LogP contribution in [0.5, 0.6) is 0 Å². The molecule has 1 aromatic rings. The van der Waals surface area contributed by atoms with Gasteiger partial charge in [0.2, 0.25) is 0 Å². The average molecular weight is 257 g/mol. The second-order valence-corrected chi connectivity index (χ2v) is 4.45. The predicted octanol–water partition coefficient (Wildman–Crippen LogP) is 1.77. The van der Waals surface area contributed by atoms with Crippen molar-refractivity contribution in [1.82, 2.24) is 5.32 Å². The Bertz CT molecular complexity index is 374. The Morgan fingerprint density at radius 1 is 1.28 bits per heavy atom. The number of hydrogen-bond acceptors (Lipinski definition) is 3. The van der Waals surface area contributed by atoms with Gasteiger partial charge in [-0.05, 0) is 25.0 Å². The van der Waals surface area contributed by atoms with Crippen LogP contribution in [0, 0.1) is 11.6 Å². The zero-order valence-corrected chi connectivity index (χ0v) is 10.0. The summed E-state index contributed by atoms with van der Waals surface area (Å²) in [5.74, 6) is -1.42. The first-order valence-corrected chi connectivity index (χ1v) is 6.11. The largest absolute Gasteiger partial charge is 0.387 e. The maximum Gasteiger partial charge on any atom is 0.131 e. The molecule has 1 heterocycles. The van der Waals surface area contributed by atoms with Gasteiger partial charge in [0.05, 0.1) is 11.7 Å². The Morgan fingerprint density at radius 3 is 2.50 bits per heavy atom. The Hall–Kier alpha value is -1.04. The van der Waals surface area contributed by atoms with E-state index >= 15 is 0 Å². The number of hydrogen-bond donors (Lipinski definition) is 2. The third kappa shape index (κ3) is 3.25. The van der Waals surface area contributed by atoms with Crippen LogP contribution in [0.4, 0.5) is 8.78 Å². The molecule has 1 fully saturated rings. The Morgan fingerprint density at radius 2 is 1.89 bits per heavy atom. The molecule has 0 aromatic heterocycles. The Balaban J connectivity index is 1.92. The monoisotopic (exact) mass is 257 g/mol. The standard InChI is InChI=1S/C13H17F2NO2/c14-10-2-1-3-11(15)13(10)12(17)8-16-9-4-6-18-7-5-9/h1-3,9,12,16-17H,4-8H2/t12-/m0/s1. The number of aliphatic hydroxyl groups is 1. The second-order valence-electron chi connectivity index (χ2n) is 4.45. The highest BCUT2D eigenvalue weighted by molar-refractivity contribution is 5.22. The second kappa shape index (κ2) is 6.22. The first-order chi connectivity index (χ1) is 8.68. The predicted molar refractivity (Wildman–Crippen MR) is 63.2 cm³/mol. The minimum atomic E-state index is -1.17. The van der Waals surface area contributed by atoms with Crippen LogP contribution < -0.4 is 5.32 Å². The van der Waals surface area contributed by atoms with Gasteiger partial charge in [-0.25, -0.2) is 8.78 Å². The van der Waals surface area contributed by atoms with Crippen molar-refractivity contribution in [3.05, 3.63) is 35.4 Å². The smallest absolute Gasteiger partial charge is 0.131 e. The molecule has 1 saturated heterocycles. The fraction of sp³-hybridized carbons (Fsp3) is 0.538. The molecule has 0 spiro atoms. The number of nitrogens with one attached hydrogen (secondary N) is 1. The molecular weight excluding hydrogens is 240 g/mol. The molecule has 18 heavy (non-hydrogen) atoms. The summed E-state index contributed by atoms with van der Waals surface area (Å²) in [6.45, 7) is 1.51. The van der Waals surface area contributed by atoms with Gasteiger partial charge in [0.15, 0.2) is 0 Å². The van der Waals surface area contributed by atoms with Crippen molar-refractivity contribution < 1.29 is 18.6 Å². The molecular formula is C13H17F2NO2. The Labute approximate surface area is 105 Å². The summed E-state index contributed by atoms with van der Waals surface area (Å²) in [5.41, 5.74) is -0.267. The van der Waals surface area contributed by atoms with E-state index in [1.165, 1.54) is 6.07 Å². The highest BCUT2D eigenvalue weighted by Crippen LogP contribution is 2.20. The van der Waals surface area contributed by atoms with E-state index in [2.05, 4.69) is 5.32 Å². The van der Waals surface area contributed by atoms with Crippen molar-refractivity contribution in [2.24, 2.45) is 0 Å². The number of aliphatic hydroxyl groups excluding tert-OH is 1. The summed E-state index contributed by atoms with van der Waals surface area (Å²) in [4.78, 5) is 0. The van der Waals surface area contributed by atoms with Gasteiger partial charge in [-0.3, -0.25) is 0 Å². The fourth-order valence-corrected chi connectivity index (χ4v) is 2.11. The topological polar surface area (TPSA) is 41.5 Å². The van der Waals surface area contributed by atoms with Crippen LogP contribution >= 0.6 is 0 Å². The number of rotatable bonds is 4. The molecule has 5 heteroatoms. The number of halogens is 2. The van der Waals surface area contributed by atoms with E-state index in [-0.39, 0.29) is 18.2 Å². The number of ether oxygens (including phenoxy) is 1. The molecule has 100 valence electrons. The molecule has 3 nitrogen and oxygen atoms in total. The van der Waals surface area contributed by atoms with Gasteiger partial charge in [0.1, 0.15) is 11.6 Å². The van der Waals surface area contributed by atoms with E-state index in [1.807, 2.05) is 0 Å². The van der Waals surface area contributed by atoms with Crippen molar-refractivity contribution in [1.29, 1.82) is 0 Å². The van der Waals surface area contributed by atoms with Gasteiger partial charge in [0.25, 0.3) is 0 Å². The Kier molecular flexibility index (Phi) is 4.63.